The van der Waals surface area contributed by atoms with Crippen molar-refractivity contribution in [2.75, 3.05) is 5.32 Å². The number of fused-ring (bicyclic) bond motifs is 1. The summed E-state index contributed by atoms with van der Waals surface area (Å²) in [4.78, 5) is 16.7. The third-order valence-corrected chi connectivity index (χ3v) is 4.88. The zero-order valence-electron chi connectivity index (χ0n) is 16.8. The van der Waals surface area contributed by atoms with Crippen LogP contribution in [0.25, 0.3) is 22.0 Å². The maximum atomic E-state index is 13.0. The second-order valence-electron chi connectivity index (χ2n) is 7.20. The van der Waals surface area contributed by atoms with E-state index in [1.807, 2.05) is 0 Å². The van der Waals surface area contributed by atoms with Gasteiger partial charge in [-0.3, -0.25) is 14.5 Å². The van der Waals surface area contributed by atoms with Gasteiger partial charge in [0.1, 0.15) is 5.82 Å². The van der Waals surface area contributed by atoms with Gasteiger partial charge in [0, 0.05) is 35.8 Å². The molecular weight excluding hydrogens is 450 g/mol. The van der Waals surface area contributed by atoms with Gasteiger partial charge in [-0.1, -0.05) is 18.2 Å². The number of halogens is 6. The first-order valence-electron chi connectivity index (χ1n) is 9.42. The monoisotopic (exact) mass is 464 g/mol. The van der Waals surface area contributed by atoms with Crippen LogP contribution in [-0.2, 0) is 19.4 Å². The van der Waals surface area contributed by atoms with Crippen molar-refractivity contribution >= 4 is 22.6 Å². The summed E-state index contributed by atoms with van der Waals surface area (Å²) in [5.41, 5.74) is -0.604. The van der Waals surface area contributed by atoms with Crippen molar-refractivity contribution in [2.24, 2.45) is 7.05 Å². The van der Waals surface area contributed by atoms with Crippen molar-refractivity contribution in [1.82, 2.24) is 14.8 Å². The van der Waals surface area contributed by atoms with Crippen LogP contribution < -0.4 is 5.32 Å². The van der Waals surface area contributed by atoms with Gasteiger partial charge in [0.25, 0.3) is 5.91 Å². The van der Waals surface area contributed by atoms with Crippen LogP contribution in [0, 0.1) is 0 Å². The Morgan fingerprint density at radius 3 is 2.33 bits per heavy atom. The van der Waals surface area contributed by atoms with Crippen LogP contribution in [0.15, 0.2) is 60.8 Å². The molecule has 0 spiro atoms. The van der Waals surface area contributed by atoms with Crippen molar-refractivity contribution in [3.8, 4) is 11.1 Å². The standard InChI is InChI=1S/C22H14F6N4O/c1-32-19(10-18(31-32)22(26,27)28)30-20(33)14-6-5-13-7-15(11-29-17(13)9-14)12-3-2-4-16(8-12)21(23,24)25/h2-11H,1H3,(H,30,33). The largest absolute Gasteiger partial charge is 0.435 e. The first kappa shape index (κ1) is 22.3. The number of hydrogen-bond donors (Lipinski definition) is 1. The number of pyridine rings is 1. The number of amides is 1. The fraction of sp³-hybridized carbons (Fsp3) is 0.136. The zero-order valence-corrected chi connectivity index (χ0v) is 16.8. The van der Waals surface area contributed by atoms with Crippen LogP contribution in [0.3, 0.4) is 0 Å². The van der Waals surface area contributed by atoms with Crippen molar-refractivity contribution in [3.63, 3.8) is 0 Å². The smallest absolute Gasteiger partial charge is 0.307 e. The normalized spacial score (nSPS) is 12.2. The Morgan fingerprint density at radius 2 is 1.67 bits per heavy atom. The molecule has 4 aromatic rings. The molecule has 0 unspecified atom stereocenters. The average molecular weight is 464 g/mol. The van der Waals surface area contributed by atoms with E-state index in [0.29, 0.717) is 22.0 Å². The summed E-state index contributed by atoms with van der Waals surface area (Å²) < 4.78 is 78.3. The number of nitrogens with zero attached hydrogens (tertiary/aromatic N) is 3. The Labute approximate surface area is 182 Å². The minimum atomic E-state index is -4.65. The van der Waals surface area contributed by atoms with Gasteiger partial charge >= 0.3 is 12.4 Å². The van der Waals surface area contributed by atoms with Gasteiger partial charge < -0.3 is 5.32 Å². The van der Waals surface area contributed by atoms with Crippen molar-refractivity contribution in [3.05, 3.63) is 77.6 Å². The van der Waals surface area contributed by atoms with Crippen LogP contribution in [0.4, 0.5) is 32.2 Å². The molecule has 2 aromatic heterocycles. The minimum Gasteiger partial charge on any atom is -0.307 e. The Hall–Kier alpha value is -3.89. The number of nitrogens with one attached hydrogen (secondary N) is 1. The van der Waals surface area contributed by atoms with E-state index in [-0.39, 0.29) is 11.4 Å². The van der Waals surface area contributed by atoms with Crippen LogP contribution in [0.2, 0.25) is 0 Å². The van der Waals surface area contributed by atoms with Crippen LogP contribution in [0.5, 0.6) is 0 Å². The molecule has 2 heterocycles. The van der Waals surface area contributed by atoms with Crippen molar-refractivity contribution in [2.45, 2.75) is 12.4 Å². The summed E-state index contributed by atoms with van der Waals surface area (Å²) in [5.74, 6) is -0.808. The van der Waals surface area contributed by atoms with Crippen molar-refractivity contribution in [1.29, 1.82) is 0 Å². The molecule has 4 rings (SSSR count). The van der Waals surface area contributed by atoms with E-state index in [4.69, 9.17) is 0 Å². The van der Waals surface area contributed by atoms with Crippen LogP contribution in [0.1, 0.15) is 21.6 Å². The summed E-state index contributed by atoms with van der Waals surface area (Å²) in [6.45, 7) is 0. The maximum Gasteiger partial charge on any atom is 0.435 e. The molecule has 0 aliphatic heterocycles. The minimum absolute atomic E-state index is 0.136. The lowest BCUT2D eigenvalue weighted by Crippen LogP contribution is -2.14. The quantitative estimate of drug-likeness (QED) is 0.383. The predicted molar refractivity (Wildman–Crippen MR) is 108 cm³/mol. The topological polar surface area (TPSA) is 59.8 Å². The molecule has 5 nitrogen and oxygen atoms in total. The number of anilines is 1. The Bertz CT molecular complexity index is 1360. The molecule has 33 heavy (non-hydrogen) atoms. The molecule has 2 aromatic carbocycles. The number of benzene rings is 2. The maximum absolute atomic E-state index is 13.0. The first-order chi connectivity index (χ1) is 15.4. The molecule has 0 saturated carbocycles. The van der Waals surface area contributed by atoms with Crippen molar-refractivity contribution < 1.29 is 31.1 Å². The molecule has 0 saturated heterocycles. The van der Waals surface area contributed by atoms with Gasteiger partial charge in [-0.15, -0.1) is 0 Å². The highest BCUT2D eigenvalue weighted by atomic mass is 19.4. The summed E-state index contributed by atoms with van der Waals surface area (Å²) in [7, 11) is 1.27. The lowest BCUT2D eigenvalue weighted by atomic mass is 10.0. The fourth-order valence-electron chi connectivity index (χ4n) is 3.21. The molecule has 0 fully saturated rings. The highest BCUT2D eigenvalue weighted by Crippen LogP contribution is 2.33. The summed E-state index contributed by atoms with van der Waals surface area (Å²) in [6, 6.07) is 11.6. The number of rotatable bonds is 3. The average Bonchev–Trinajstić information content (AvgIpc) is 3.13. The SMILES string of the molecule is Cn1nc(C(F)(F)F)cc1NC(=O)c1ccc2cc(-c3cccc(C(F)(F)F)c3)cnc2c1. The van der Waals surface area contributed by atoms with E-state index in [9.17, 15) is 31.1 Å². The number of carbonyl (C=O) groups is 1. The lowest BCUT2D eigenvalue weighted by Gasteiger charge is -2.10. The van der Waals surface area contributed by atoms with Gasteiger partial charge in [0.15, 0.2) is 5.69 Å². The second-order valence-corrected chi connectivity index (χ2v) is 7.20. The highest BCUT2D eigenvalue weighted by molar-refractivity contribution is 6.05. The first-order valence-corrected chi connectivity index (χ1v) is 9.42. The Kier molecular flexibility index (Phi) is 5.35. The molecule has 170 valence electrons. The molecular formula is C22H14F6N4O. The Morgan fingerprint density at radius 1 is 0.909 bits per heavy atom. The van der Waals surface area contributed by atoms with E-state index in [1.165, 1.54) is 37.5 Å². The third kappa shape index (κ3) is 4.66. The number of carbonyl (C=O) groups excluding carboxylic acids is 1. The van der Waals surface area contributed by atoms with Gasteiger partial charge in [0.05, 0.1) is 11.1 Å². The van der Waals surface area contributed by atoms with E-state index in [0.717, 1.165) is 22.9 Å². The van der Waals surface area contributed by atoms with Crippen LogP contribution in [-0.4, -0.2) is 20.7 Å². The van der Waals surface area contributed by atoms with Crippen LogP contribution >= 0.6 is 0 Å². The molecule has 0 aliphatic carbocycles. The second kappa shape index (κ2) is 7.91. The number of aromatic nitrogens is 3. The molecule has 1 amide bonds. The molecule has 0 bridgehead atoms. The predicted octanol–water partition coefficient (Wildman–Crippen LogP) is 5.93. The molecule has 1 N–H and O–H groups in total. The third-order valence-electron chi connectivity index (χ3n) is 4.88. The van der Waals surface area contributed by atoms with E-state index in [2.05, 4.69) is 15.4 Å². The van der Waals surface area contributed by atoms with Gasteiger partial charge in [0.2, 0.25) is 0 Å². The van der Waals surface area contributed by atoms with Gasteiger partial charge in [-0.05, 0) is 35.9 Å². The fourth-order valence-corrected chi connectivity index (χ4v) is 3.21. The van der Waals surface area contributed by atoms with E-state index < -0.39 is 29.5 Å². The van der Waals surface area contributed by atoms with E-state index in [1.54, 1.807) is 12.1 Å². The van der Waals surface area contributed by atoms with Gasteiger partial charge in [-0.2, -0.15) is 31.4 Å². The Balaban J connectivity index is 1.60. The summed E-state index contributed by atoms with van der Waals surface area (Å²) in [5, 5.41) is 6.27. The van der Waals surface area contributed by atoms with Gasteiger partial charge in [-0.25, -0.2) is 0 Å². The number of hydrogen-bond acceptors (Lipinski definition) is 3. The summed E-state index contributed by atoms with van der Waals surface area (Å²) in [6.07, 6.45) is -7.74. The molecule has 0 aliphatic rings. The highest BCUT2D eigenvalue weighted by Gasteiger charge is 2.35. The number of aryl methyl sites for hydroxylation is 1. The number of alkyl halides is 6. The molecule has 11 heteroatoms. The zero-order chi connectivity index (χ0) is 24.0. The molecule has 0 radical (unpaired) electrons. The summed E-state index contributed by atoms with van der Waals surface area (Å²) >= 11 is 0. The lowest BCUT2D eigenvalue weighted by molar-refractivity contribution is -0.141. The van der Waals surface area contributed by atoms with E-state index >= 15 is 0 Å². The molecule has 0 atom stereocenters.